The molecule has 0 saturated carbocycles. The van der Waals surface area contributed by atoms with Gasteiger partial charge in [-0.25, -0.2) is 0 Å². The third kappa shape index (κ3) is 51.1. The number of hydrogen-bond acceptors (Lipinski definition) is 6. The molecule has 0 spiro atoms. The van der Waals surface area contributed by atoms with Crippen molar-refractivity contribution in [1.82, 2.24) is 0 Å². The van der Waals surface area contributed by atoms with E-state index in [1.807, 2.05) is 0 Å². The highest BCUT2D eigenvalue weighted by molar-refractivity contribution is 5.71. The fourth-order valence-electron chi connectivity index (χ4n) is 6.98. The van der Waals surface area contributed by atoms with Crippen LogP contribution in [0.15, 0.2) is 109 Å². The zero-order valence-electron chi connectivity index (χ0n) is 42.7. The van der Waals surface area contributed by atoms with Crippen LogP contribution in [0.1, 0.15) is 233 Å². The number of esters is 3. The summed E-state index contributed by atoms with van der Waals surface area (Å²) in [5.41, 5.74) is 0. The molecule has 6 heteroatoms. The van der Waals surface area contributed by atoms with Gasteiger partial charge in [-0.1, -0.05) is 214 Å². The zero-order chi connectivity index (χ0) is 47.9. The van der Waals surface area contributed by atoms with Gasteiger partial charge in [-0.15, -0.1) is 0 Å². The van der Waals surface area contributed by atoms with Crippen molar-refractivity contribution in [1.29, 1.82) is 0 Å². The number of rotatable bonds is 47. The van der Waals surface area contributed by atoms with Gasteiger partial charge in [0.25, 0.3) is 0 Å². The minimum absolute atomic E-state index is 0.0937. The molecule has 0 saturated heterocycles. The van der Waals surface area contributed by atoms with Gasteiger partial charge >= 0.3 is 17.9 Å². The molecule has 0 aliphatic carbocycles. The van der Waals surface area contributed by atoms with Gasteiger partial charge in [-0.05, 0) is 109 Å². The van der Waals surface area contributed by atoms with E-state index in [1.165, 1.54) is 70.6 Å². The van der Waals surface area contributed by atoms with Crippen LogP contribution in [0, 0.1) is 0 Å². The van der Waals surface area contributed by atoms with E-state index >= 15 is 0 Å². The molecule has 0 bridgehead atoms. The summed E-state index contributed by atoms with van der Waals surface area (Å²) in [6, 6.07) is 0. The molecule has 0 heterocycles. The van der Waals surface area contributed by atoms with Gasteiger partial charge in [0.15, 0.2) is 6.10 Å². The first-order chi connectivity index (χ1) is 32.5. The Kier molecular flexibility index (Phi) is 50.5. The van der Waals surface area contributed by atoms with E-state index in [0.29, 0.717) is 19.3 Å². The van der Waals surface area contributed by atoms with Gasteiger partial charge in [0.05, 0.1) is 0 Å². The molecule has 0 N–H and O–H groups in total. The van der Waals surface area contributed by atoms with E-state index in [2.05, 4.69) is 130 Å². The first kappa shape index (κ1) is 62.1. The maximum absolute atomic E-state index is 12.8. The molecule has 0 rings (SSSR count). The van der Waals surface area contributed by atoms with Crippen LogP contribution in [0.4, 0.5) is 0 Å². The van der Waals surface area contributed by atoms with Gasteiger partial charge in [0.2, 0.25) is 0 Å². The minimum Gasteiger partial charge on any atom is -0.462 e. The highest BCUT2D eigenvalue weighted by Crippen LogP contribution is 2.13. The third-order valence-corrected chi connectivity index (χ3v) is 11.0. The SMILES string of the molecule is CC/C=C\C/C=C\C/C=C\C/C=C\C/C=C\C/C=C\C/C=C\CCCCCC(=O)OCC(COC(=O)CCCCCCCC)OC(=O)CCCCCCCCC/C=C\C/C=C\CCCCC. The summed E-state index contributed by atoms with van der Waals surface area (Å²) < 4.78 is 16.7. The molecular formula is C60H98O6. The number of carbonyl (C=O) groups excluding carboxylic acids is 3. The van der Waals surface area contributed by atoms with Gasteiger partial charge in [0.1, 0.15) is 13.2 Å². The summed E-state index contributed by atoms with van der Waals surface area (Å²) >= 11 is 0. The van der Waals surface area contributed by atoms with Crippen LogP contribution < -0.4 is 0 Å². The Morgan fingerprint density at radius 2 is 0.591 bits per heavy atom. The second-order valence-corrected chi connectivity index (χ2v) is 17.4. The van der Waals surface area contributed by atoms with Crippen LogP contribution in [-0.4, -0.2) is 37.2 Å². The van der Waals surface area contributed by atoms with Crippen molar-refractivity contribution in [2.45, 2.75) is 239 Å². The lowest BCUT2D eigenvalue weighted by molar-refractivity contribution is -0.167. The molecule has 0 radical (unpaired) electrons. The first-order valence-corrected chi connectivity index (χ1v) is 26.9. The molecule has 0 fully saturated rings. The summed E-state index contributed by atoms with van der Waals surface area (Å²) in [6.07, 6.45) is 72.4. The zero-order valence-corrected chi connectivity index (χ0v) is 42.7. The Labute approximate surface area is 406 Å². The molecule has 374 valence electrons. The van der Waals surface area contributed by atoms with E-state index in [9.17, 15) is 14.4 Å². The fraction of sp³-hybridized carbons (Fsp3) is 0.650. The fourth-order valence-corrected chi connectivity index (χ4v) is 6.98. The Morgan fingerprint density at radius 1 is 0.318 bits per heavy atom. The number of carbonyl (C=O) groups is 3. The molecule has 0 aromatic carbocycles. The van der Waals surface area contributed by atoms with Crippen molar-refractivity contribution in [3.63, 3.8) is 0 Å². The van der Waals surface area contributed by atoms with Crippen LogP contribution in [0.25, 0.3) is 0 Å². The molecule has 0 aliphatic heterocycles. The van der Waals surface area contributed by atoms with E-state index in [4.69, 9.17) is 14.2 Å². The quantitative estimate of drug-likeness (QED) is 0.0262. The topological polar surface area (TPSA) is 78.9 Å². The van der Waals surface area contributed by atoms with Crippen LogP contribution >= 0.6 is 0 Å². The highest BCUT2D eigenvalue weighted by atomic mass is 16.6. The van der Waals surface area contributed by atoms with Crippen LogP contribution in [0.3, 0.4) is 0 Å². The predicted molar refractivity (Wildman–Crippen MR) is 283 cm³/mol. The van der Waals surface area contributed by atoms with Gasteiger partial charge in [0, 0.05) is 19.3 Å². The molecule has 1 atom stereocenters. The molecule has 0 aliphatic rings. The summed E-state index contributed by atoms with van der Waals surface area (Å²) in [6.45, 7) is 6.39. The van der Waals surface area contributed by atoms with Crippen LogP contribution in [0.2, 0.25) is 0 Å². The molecule has 6 nitrogen and oxygen atoms in total. The second kappa shape index (κ2) is 53.7. The van der Waals surface area contributed by atoms with Crippen LogP contribution in [-0.2, 0) is 28.6 Å². The monoisotopic (exact) mass is 915 g/mol. The number of ether oxygens (including phenoxy) is 3. The average molecular weight is 915 g/mol. The summed E-state index contributed by atoms with van der Waals surface area (Å²) in [7, 11) is 0. The lowest BCUT2D eigenvalue weighted by Gasteiger charge is -2.18. The molecule has 66 heavy (non-hydrogen) atoms. The largest absolute Gasteiger partial charge is 0.462 e. The van der Waals surface area contributed by atoms with E-state index in [-0.39, 0.29) is 31.1 Å². The van der Waals surface area contributed by atoms with Gasteiger partial charge in [-0.2, -0.15) is 0 Å². The van der Waals surface area contributed by atoms with Crippen molar-refractivity contribution in [3.8, 4) is 0 Å². The van der Waals surface area contributed by atoms with Crippen molar-refractivity contribution >= 4 is 17.9 Å². The van der Waals surface area contributed by atoms with Crippen molar-refractivity contribution in [2.24, 2.45) is 0 Å². The molecular weight excluding hydrogens is 817 g/mol. The second-order valence-electron chi connectivity index (χ2n) is 17.4. The summed E-state index contributed by atoms with van der Waals surface area (Å²) in [4.78, 5) is 37.8. The van der Waals surface area contributed by atoms with E-state index in [1.54, 1.807) is 0 Å². The normalized spacial score (nSPS) is 13.0. The maximum atomic E-state index is 12.8. The molecule has 1 unspecified atom stereocenters. The van der Waals surface area contributed by atoms with Gasteiger partial charge in [-0.3, -0.25) is 14.4 Å². The molecule has 0 aromatic rings. The van der Waals surface area contributed by atoms with E-state index in [0.717, 1.165) is 122 Å². The standard InChI is InChI=1S/C60H98O6/c1-4-7-10-13-16-18-20-22-24-26-27-28-29-30-31-32-33-35-36-38-40-42-44-47-50-53-59(62)65-56-57(55-64-58(61)52-49-46-15-12-9-6-3)66-60(63)54-51-48-45-43-41-39-37-34-25-23-21-19-17-14-11-8-5-2/h7,10,16-19,22-25,27-28,30-31,33,35,38,40,57H,4-6,8-9,11-15,20-21,26,29,32,34,36-37,39,41-56H2,1-3H3/b10-7-,18-16-,19-17-,24-22-,25-23-,28-27-,31-30-,35-33-,40-38-. The number of unbranched alkanes of at least 4 members (excludes halogenated alkanes) is 18. The third-order valence-electron chi connectivity index (χ3n) is 11.0. The predicted octanol–water partition coefficient (Wildman–Crippen LogP) is 17.9. The van der Waals surface area contributed by atoms with Crippen molar-refractivity contribution < 1.29 is 28.6 Å². The number of allylic oxidation sites excluding steroid dienone is 18. The van der Waals surface area contributed by atoms with Crippen LogP contribution in [0.5, 0.6) is 0 Å². The number of hydrogen-bond donors (Lipinski definition) is 0. The lowest BCUT2D eigenvalue weighted by Crippen LogP contribution is -2.30. The summed E-state index contributed by atoms with van der Waals surface area (Å²) in [5.74, 6) is -0.950. The Hall–Kier alpha value is -3.93. The molecule has 0 amide bonds. The van der Waals surface area contributed by atoms with Gasteiger partial charge < -0.3 is 14.2 Å². The average Bonchev–Trinajstić information content (AvgIpc) is 3.31. The Bertz CT molecular complexity index is 1370. The van der Waals surface area contributed by atoms with Crippen molar-refractivity contribution in [3.05, 3.63) is 109 Å². The lowest BCUT2D eigenvalue weighted by atomic mass is 10.1. The van der Waals surface area contributed by atoms with E-state index < -0.39 is 6.10 Å². The Balaban J connectivity index is 4.29. The van der Waals surface area contributed by atoms with Crippen molar-refractivity contribution in [2.75, 3.05) is 13.2 Å². The smallest absolute Gasteiger partial charge is 0.306 e. The molecule has 0 aromatic heterocycles. The Morgan fingerprint density at radius 3 is 0.970 bits per heavy atom. The summed E-state index contributed by atoms with van der Waals surface area (Å²) in [5, 5.41) is 0. The minimum atomic E-state index is -0.794. The highest BCUT2D eigenvalue weighted by Gasteiger charge is 2.19. The first-order valence-electron chi connectivity index (χ1n) is 26.9. The maximum Gasteiger partial charge on any atom is 0.306 e.